The normalized spacial score (nSPS) is 11.1. The molecule has 2 nitrogen and oxygen atoms in total. The van der Waals surface area contributed by atoms with E-state index in [1.807, 2.05) is 24.3 Å². The van der Waals surface area contributed by atoms with Crippen molar-refractivity contribution in [2.24, 2.45) is 0 Å². The van der Waals surface area contributed by atoms with Crippen molar-refractivity contribution in [3.63, 3.8) is 0 Å². The van der Waals surface area contributed by atoms with Crippen molar-refractivity contribution >= 4 is 27.0 Å². The minimum absolute atomic E-state index is 0.0483. The third-order valence-corrected chi connectivity index (χ3v) is 3.41. The molecule has 96 valence electrons. The van der Waals surface area contributed by atoms with Gasteiger partial charge in [-0.05, 0) is 29.8 Å². The van der Waals surface area contributed by atoms with Crippen LogP contribution in [0.5, 0.6) is 0 Å². The lowest BCUT2D eigenvalue weighted by Gasteiger charge is -1.97. The van der Waals surface area contributed by atoms with E-state index in [0.717, 1.165) is 16.1 Å². The highest BCUT2D eigenvalue weighted by molar-refractivity contribution is 9.10. The van der Waals surface area contributed by atoms with Gasteiger partial charge in [0.2, 0.25) is 0 Å². The van der Waals surface area contributed by atoms with Gasteiger partial charge in [-0.25, -0.2) is 13.8 Å². The maximum Gasteiger partial charge on any atom is 0.186 e. The van der Waals surface area contributed by atoms with Crippen molar-refractivity contribution in [2.45, 2.75) is 6.42 Å². The molecular formula is C14H9BrF2N2. The van der Waals surface area contributed by atoms with Gasteiger partial charge in [-0.3, -0.25) is 0 Å². The summed E-state index contributed by atoms with van der Waals surface area (Å²) < 4.78 is 27.6. The third kappa shape index (κ3) is 2.38. The molecule has 2 aromatic carbocycles. The molecule has 1 N–H and O–H groups in total. The van der Waals surface area contributed by atoms with Gasteiger partial charge in [0.25, 0.3) is 0 Å². The van der Waals surface area contributed by atoms with E-state index >= 15 is 0 Å². The molecule has 0 aliphatic rings. The molecule has 1 aromatic heterocycles. The molecule has 0 bridgehead atoms. The molecule has 0 saturated carbocycles. The summed E-state index contributed by atoms with van der Waals surface area (Å²) in [4.78, 5) is 7.11. The lowest BCUT2D eigenvalue weighted by atomic mass is 10.1. The standard InChI is InChI=1S/C14H9BrF2N2/c15-9-3-1-8(2-4-9)7-12-18-11-6-5-10(16)13(17)14(11)19-12/h1-6H,7H2,(H,18,19). The molecule has 0 atom stereocenters. The Balaban J connectivity index is 1.97. The second-order valence-corrected chi connectivity index (χ2v) is 5.16. The molecular weight excluding hydrogens is 314 g/mol. The molecule has 0 aliphatic heterocycles. The van der Waals surface area contributed by atoms with E-state index in [1.54, 1.807) is 0 Å². The van der Waals surface area contributed by atoms with Crippen LogP contribution in [0.15, 0.2) is 40.9 Å². The number of hydrogen-bond donors (Lipinski definition) is 1. The quantitative estimate of drug-likeness (QED) is 0.752. The second-order valence-electron chi connectivity index (χ2n) is 4.24. The third-order valence-electron chi connectivity index (χ3n) is 2.88. The Hall–Kier alpha value is -1.75. The molecule has 1 heterocycles. The van der Waals surface area contributed by atoms with Crippen LogP contribution < -0.4 is 0 Å². The first kappa shape index (κ1) is 12.3. The first-order chi connectivity index (χ1) is 9.13. The van der Waals surface area contributed by atoms with Crippen LogP contribution in [0.1, 0.15) is 11.4 Å². The fourth-order valence-corrected chi connectivity index (χ4v) is 2.21. The maximum atomic E-state index is 13.5. The van der Waals surface area contributed by atoms with Gasteiger partial charge < -0.3 is 4.98 Å². The topological polar surface area (TPSA) is 28.7 Å². The minimum Gasteiger partial charge on any atom is -0.342 e. The average molecular weight is 323 g/mol. The molecule has 0 saturated heterocycles. The highest BCUT2D eigenvalue weighted by atomic mass is 79.9. The molecule has 19 heavy (non-hydrogen) atoms. The van der Waals surface area contributed by atoms with Crippen LogP contribution in [0.25, 0.3) is 11.0 Å². The number of nitrogens with one attached hydrogen (secondary N) is 1. The van der Waals surface area contributed by atoms with Crippen LogP contribution in [0.4, 0.5) is 8.78 Å². The summed E-state index contributed by atoms with van der Waals surface area (Å²) in [5.74, 6) is -1.17. The van der Waals surface area contributed by atoms with Crippen LogP contribution in [-0.2, 0) is 6.42 Å². The van der Waals surface area contributed by atoms with Gasteiger partial charge in [0.05, 0.1) is 5.52 Å². The van der Waals surface area contributed by atoms with Crippen molar-refractivity contribution in [3.8, 4) is 0 Å². The van der Waals surface area contributed by atoms with E-state index in [4.69, 9.17) is 0 Å². The zero-order valence-corrected chi connectivity index (χ0v) is 11.3. The monoisotopic (exact) mass is 322 g/mol. The summed E-state index contributed by atoms with van der Waals surface area (Å²) >= 11 is 3.36. The van der Waals surface area contributed by atoms with Gasteiger partial charge in [0.1, 0.15) is 11.3 Å². The zero-order valence-electron chi connectivity index (χ0n) is 9.75. The number of rotatable bonds is 2. The lowest BCUT2D eigenvalue weighted by Crippen LogP contribution is -1.90. The summed E-state index contributed by atoms with van der Waals surface area (Å²) in [6.07, 6.45) is 0.545. The molecule has 0 radical (unpaired) electrons. The van der Waals surface area contributed by atoms with Crippen LogP contribution >= 0.6 is 15.9 Å². The number of hydrogen-bond acceptors (Lipinski definition) is 1. The minimum atomic E-state index is -0.907. The number of fused-ring (bicyclic) bond motifs is 1. The Morgan fingerprint density at radius 1 is 1.05 bits per heavy atom. The Kier molecular flexibility index (Phi) is 3.06. The SMILES string of the molecule is Fc1ccc2[nH]c(Cc3ccc(Br)cc3)nc2c1F. The molecule has 0 aliphatic carbocycles. The predicted octanol–water partition coefficient (Wildman–Crippen LogP) is 4.19. The second kappa shape index (κ2) is 4.74. The van der Waals surface area contributed by atoms with Crippen molar-refractivity contribution in [2.75, 3.05) is 0 Å². The Bertz CT molecular complexity index is 735. The van der Waals surface area contributed by atoms with Gasteiger partial charge in [0, 0.05) is 10.9 Å². The van der Waals surface area contributed by atoms with Gasteiger partial charge in [-0.2, -0.15) is 0 Å². The van der Waals surface area contributed by atoms with Crippen LogP contribution in [0.2, 0.25) is 0 Å². The average Bonchev–Trinajstić information content (AvgIpc) is 2.80. The molecule has 0 amide bonds. The fourth-order valence-electron chi connectivity index (χ4n) is 1.95. The van der Waals surface area contributed by atoms with Crippen molar-refractivity contribution < 1.29 is 8.78 Å². The Labute approximate surface area is 116 Å². The number of halogens is 3. The number of H-pyrrole nitrogens is 1. The highest BCUT2D eigenvalue weighted by Gasteiger charge is 2.11. The molecule has 3 aromatic rings. The van der Waals surface area contributed by atoms with E-state index in [2.05, 4.69) is 25.9 Å². The molecule has 0 fully saturated rings. The van der Waals surface area contributed by atoms with Gasteiger partial charge in [-0.15, -0.1) is 0 Å². The number of aromatic nitrogens is 2. The van der Waals surface area contributed by atoms with Crippen molar-refractivity contribution in [1.29, 1.82) is 0 Å². The van der Waals surface area contributed by atoms with Crippen molar-refractivity contribution in [3.05, 3.63) is 63.9 Å². The molecule has 5 heteroatoms. The van der Waals surface area contributed by atoms with Gasteiger partial charge in [-0.1, -0.05) is 28.1 Å². The maximum absolute atomic E-state index is 13.5. The van der Waals surface area contributed by atoms with E-state index < -0.39 is 11.6 Å². The number of imidazole rings is 1. The number of aromatic amines is 1. The number of benzene rings is 2. The summed E-state index contributed by atoms with van der Waals surface area (Å²) in [6.45, 7) is 0. The van der Waals surface area contributed by atoms with E-state index in [-0.39, 0.29) is 5.52 Å². The van der Waals surface area contributed by atoms with Crippen LogP contribution in [-0.4, -0.2) is 9.97 Å². The van der Waals surface area contributed by atoms with Gasteiger partial charge in [0.15, 0.2) is 11.6 Å². The summed E-state index contributed by atoms with van der Waals surface area (Å²) in [7, 11) is 0. The first-order valence-electron chi connectivity index (χ1n) is 5.70. The van der Waals surface area contributed by atoms with E-state index in [0.29, 0.717) is 17.8 Å². The predicted molar refractivity (Wildman–Crippen MR) is 73.0 cm³/mol. The Morgan fingerprint density at radius 3 is 2.53 bits per heavy atom. The summed E-state index contributed by atoms with van der Waals surface area (Å²) in [5, 5.41) is 0. The fraction of sp³-hybridized carbons (Fsp3) is 0.0714. The number of nitrogens with zero attached hydrogens (tertiary/aromatic N) is 1. The van der Waals surface area contributed by atoms with Crippen molar-refractivity contribution in [1.82, 2.24) is 9.97 Å². The summed E-state index contributed by atoms with van der Waals surface area (Å²) in [6, 6.07) is 10.4. The molecule has 3 rings (SSSR count). The molecule has 0 spiro atoms. The molecule has 0 unspecified atom stereocenters. The van der Waals surface area contributed by atoms with E-state index in [9.17, 15) is 8.78 Å². The largest absolute Gasteiger partial charge is 0.342 e. The zero-order chi connectivity index (χ0) is 13.4. The van der Waals surface area contributed by atoms with Gasteiger partial charge >= 0.3 is 0 Å². The summed E-state index contributed by atoms with van der Waals surface area (Å²) in [5.41, 5.74) is 1.60. The van der Waals surface area contributed by atoms with Crippen LogP contribution in [0, 0.1) is 11.6 Å². The van der Waals surface area contributed by atoms with E-state index in [1.165, 1.54) is 6.07 Å². The smallest absolute Gasteiger partial charge is 0.186 e. The van der Waals surface area contributed by atoms with Crippen LogP contribution in [0.3, 0.4) is 0 Å². The Morgan fingerprint density at radius 2 is 1.79 bits per heavy atom. The highest BCUT2D eigenvalue weighted by Crippen LogP contribution is 2.20. The lowest BCUT2D eigenvalue weighted by molar-refractivity contribution is 0.515. The first-order valence-corrected chi connectivity index (χ1v) is 6.50.